The molecule has 3 N–H and O–H groups in total. The highest BCUT2D eigenvalue weighted by Crippen LogP contribution is 2.23. The summed E-state index contributed by atoms with van der Waals surface area (Å²) < 4.78 is 0. The Bertz CT molecular complexity index is 262. The van der Waals surface area contributed by atoms with Gasteiger partial charge in [0, 0.05) is 18.0 Å². The van der Waals surface area contributed by atoms with Crippen LogP contribution in [-0.4, -0.2) is 36.2 Å². The van der Waals surface area contributed by atoms with Gasteiger partial charge in [-0.15, -0.1) is 11.3 Å². The Kier molecular flexibility index (Phi) is 5.25. The van der Waals surface area contributed by atoms with E-state index in [2.05, 4.69) is 23.4 Å². The minimum atomic E-state index is -0.241. The lowest BCUT2D eigenvalue weighted by Crippen LogP contribution is -2.31. The summed E-state index contributed by atoms with van der Waals surface area (Å²) in [5.41, 5.74) is 5.77. The molecule has 4 heteroatoms. The van der Waals surface area contributed by atoms with Crippen molar-refractivity contribution in [2.24, 2.45) is 5.73 Å². The molecule has 2 unspecified atom stereocenters. The molecule has 0 spiro atoms. The van der Waals surface area contributed by atoms with Crippen molar-refractivity contribution in [3.05, 3.63) is 22.4 Å². The van der Waals surface area contributed by atoms with Crippen LogP contribution in [0.3, 0.4) is 0 Å². The normalized spacial score (nSPS) is 15.5. The van der Waals surface area contributed by atoms with Crippen molar-refractivity contribution in [1.82, 2.24) is 4.90 Å². The first-order chi connectivity index (χ1) is 7.15. The van der Waals surface area contributed by atoms with Crippen LogP contribution in [0.4, 0.5) is 0 Å². The second-order valence-corrected chi connectivity index (χ2v) is 4.86. The SMILES string of the molecule is CC(O)CCN(C)C(CN)c1cccs1. The van der Waals surface area contributed by atoms with E-state index in [1.54, 1.807) is 11.3 Å². The van der Waals surface area contributed by atoms with E-state index in [1.807, 2.05) is 13.0 Å². The Hall–Kier alpha value is -0.420. The minimum absolute atomic E-state index is 0.241. The summed E-state index contributed by atoms with van der Waals surface area (Å²) in [5.74, 6) is 0. The molecular weight excluding hydrogens is 208 g/mol. The van der Waals surface area contributed by atoms with E-state index < -0.39 is 0 Å². The third-order valence-corrected chi connectivity index (χ3v) is 3.50. The van der Waals surface area contributed by atoms with E-state index in [0.717, 1.165) is 13.0 Å². The third-order valence-electron chi connectivity index (χ3n) is 2.53. The molecule has 1 aromatic heterocycles. The molecule has 2 atom stereocenters. The standard InChI is InChI=1S/C11H20N2OS/c1-9(14)5-6-13(2)10(8-12)11-4-3-7-15-11/h3-4,7,9-10,14H,5-6,8,12H2,1-2H3. The van der Waals surface area contributed by atoms with Crippen molar-refractivity contribution in [2.45, 2.75) is 25.5 Å². The van der Waals surface area contributed by atoms with E-state index in [0.29, 0.717) is 6.54 Å². The highest BCUT2D eigenvalue weighted by Gasteiger charge is 2.16. The van der Waals surface area contributed by atoms with E-state index in [9.17, 15) is 5.11 Å². The zero-order chi connectivity index (χ0) is 11.3. The first kappa shape index (κ1) is 12.6. The van der Waals surface area contributed by atoms with E-state index in [1.165, 1.54) is 4.88 Å². The third kappa shape index (κ3) is 3.91. The molecule has 0 amide bonds. The number of thiophene rings is 1. The number of hydrogen-bond acceptors (Lipinski definition) is 4. The summed E-state index contributed by atoms with van der Waals surface area (Å²) in [5, 5.41) is 11.3. The van der Waals surface area contributed by atoms with Gasteiger partial charge in [0.25, 0.3) is 0 Å². The highest BCUT2D eigenvalue weighted by molar-refractivity contribution is 7.10. The summed E-state index contributed by atoms with van der Waals surface area (Å²) in [6, 6.07) is 4.44. The zero-order valence-electron chi connectivity index (χ0n) is 9.39. The molecule has 0 saturated carbocycles. The molecule has 86 valence electrons. The maximum atomic E-state index is 9.23. The summed E-state index contributed by atoms with van der Waals surface area (Å²) in [6.07, 6.45) is 0.549. The summed E-state index contributed by atoms with van der Waals surface area (Å²) >= 11 is 1.73. The predicted octanol–water partition coefficient (Wildman–Crippen LogP) is 1.45. The van der Waals surface area contributed by atoms with Crippen LogP contribution in [0.15, 0.2) is 17.5 Å². The molecule has 0 fully saturated rings. The lowest BCUT2D eigenvalue weighted by atomic mass is 10.2. The van der Waals surface area contributed by atoms with Crippen LogP contribution in [0.25, 0.3) is 0 Å². The Morgan fingerprint density at radius 1 is 1.60 bits per heavy atom. The maximum absolute atomic E-state index is 9.23. The largest absolute Gasteiger partial charge is 0.393 e. The van der Waals surface area contributed by atoms with Crippen molar-refractivity contribution in [2.75, 3.05) is 20.1 Å². The number of nitrogens with two attached hydrogens (primary N) is 1. The lowest BCUT2D eigenvalue weighted by Gasteiger charge is -2.26. The Balaban J connectivity index is 2.51. The molecule has 1 aromatic rings. The topological polar surface area (TPSA) is 49.5 Å². The molecule has 0 aromatic carbocycles. The summed E-state index contributed by atoms with van der Waals surface area (Å²) in [7, 11) is 2.06. The van der Waals surface area contributed by atoms with E-state index in [-0.39, 0.29) is 12.1 Å². The predicted molar refractivity (Wildman–Crippen MR) is 65.0 cm³/mol. The first-order valence-electron chi connectivity index (χ1n) is 5.27. The van der Waals surface area contributed by atoms with Gasteiger partial charge in [-0.3, -0.25) is 4.90 Å². The van der Waals surface area contributed by atoms with Crippen molar-refractivity contribution in [1.29, 1.82) is 0 Å². The van der Waals surface area contributed by atoms with Crippen molar-refractivity contribution in [3.8, 4) is 0 Å². The van der Waals surface area contributed by atoms with Gasteiger partial charge in [-0.1, -0.05) is 6.07 Å². The average molecular weight is 228 g/mol. The molecule has 3 nitrogen and oxygen atoms in total. The molecule has 0 aliphatic heterocycles. The van der Waals surface area contributed by atoms with Crippen molar-refractivity contribution >= 4 is 11.3 Å². The van der Waals surface area contributed by atoms with Gasteiger partial charge in [-0.2, -0.15) is 0 Å². The van der Waals surface area contributed by atoms with Gasteiger partial charge in [-0.05, 0) is 31.8 Å². The molecular formula is C11H20N2OS. The molecule has 1 heterocycles. The second-order valence-electron chi connectivity index (χ2n) is 3.89. The number of likely N-dealkylation sites (N-methyl/N-ethyl adjacent to an activating group) is 1. The van der Waals surface area contributed by atoms with Crippen molar-refractivity contribution < 1.29 is 5.11 Å². The number of hydrogen-bond donors (Lipinski definition) is 2. The Morgan fingerprint density at radius 2 is 2.33 bits per heavy atom. The van der Waals surface area contributed by atoms with Crippen LogP contribution in [0.5, 0.6) is 0 Å². The van der Waals surface area contributed by atoms with Gasteiger partial charge in [0.05, 0.1) is 12.1 Å². The minimum Gasteiger partial charge on any atom is -0.393 e. The van der Waals surface area contributed by atoms with Crippen LogP contribution < -0.4 is 5.73 Å². The summed E-state index contributed by atoms with van der Waals surface area (Å²) in [4.78, 5) is 3.50. The monoisotopic (exact) mass is 228 g/mol. The second kappa shape index (κ2) is 6.23. The number of nitrogens with zero attached hydrogens (tertiary/aromatic N) is 1. The molecule has 1 rings (SSSR count). The first-order valence-corrected chi connectivity index (χ1v) is 6.15. The van der Waals surface area contributed by atoms with Gasteiger partial charge in [0.1, 0.15) is 0 Å². The smallest absolute Gasteiger partial charge is 0.0561 e. The fourth-order valence-corrected chi connectivity index (χ4v) is 2.45. The number of aliphatic hydroxyl groups excluding tert-OH is 1. The van der Waals surface area contributed by atoms with Crippen LogP contribution in [0.1, 0.15) is 24.3 Å². The molecule has 0 aliphatic carbocycles. The van der Waals surface area contributed by atoms with Crippen LogP contribution in [-0.2, 0) is 0 Å². The average Bonchev–Trinajstić information content (AvgIpc) is 2.69. The van der Waals surface area contributed by atoms with Crippen LogP contribution in [0, 0.1) is 0 Å². The molecule has 0 aliphatic rings. The van der Waals surface area contributed by atoms with Gasteiger partial charge in [0.15, 0.2) is 0 Å². The number of rotatable bonds is 6. The fourth-order valence-electron chi connectivity index (χ4n) is 1.54. The maximum Gasteiger partial charge on any atom is 0.0561 e. The van der Waals surface area contributed by atoms with Gasteiger partial charge >= 0.3 is 0 Å². The number of aliphatic hydroxyl groups is 1. The van der Waals surface area contributed by atoms with E-state index >= 15 is 0 Å². The molecule has 15 heavy (non-hydrogen) atoms. The van der Waals surface area contributed by atoms with Gasteiger partial charge < -0.3 is 10.8 Å². The Morgan fingerprint density at radius 3 is 2.80 bits per heavy atom. The Labute approximate surface area is 95.5 Å². The lowest BCUT2D eigenvalue weighted by molar-refractivity contribution is 0.151. The molecule has 0 bridgehead atoms. The van der Waals surface area contributed by atoms with Crippen molar-refractivity contribution in [3.63, 3.8) is 0 Å². The molecule has 0 radical (unpaired) electrons. The molecule has 0 saturated heterocycles. The summed E-state index contributed by atoms with van der Waals surface area (Å²) in [6.45, 7) is 3.31. The van der Waals surface area contributed by atoms with E-state index in [4.69, 9.17) is 5.73 Å². The van der Waals surface area contributed by atoms with Crippen LogP contribution in [0.2, 0.25) is 0 Å². The van der Waals surface area contributed by atoms with Gasteiger partial charge in [-0.25, -0.2) is 0 Å². The highest BCUT2D eigenvalue weighted by atomic mass is 32.1. The fraction of sp³-hybridized carbons (Fsp3) is 0.636. The van der Waals surface area contributed by atoms with Crippen LogP contribution >= 0.6 is 11.3 Å². The van der Waals surface area contributed by atoms with Gasteiger partial charge in [0.2, 0.25) is 0 Å². The quantitative estimate of drug-likeness (QED) is 0.775. The zero-order valence-corrected chi connectivity index (χ0v) is 10.2.